The van der Waals surface area contributed by atoms with E-state index in [0.29, 0.717) is 5.69 Å². The Morgan fingerprint density at radius 2 is 2.20 bits per heavy atom. The number of carbonyl (C=O) groups excluding carboxylic acids is 1. The highest BCUT2D eigenvalue weighted by Gasteiger charge is 2.30. The molecule has 2 aromatic rings. The lowest BCUT2D eigenvalue weighted by molar-refractivity contribution is 0.0931. The first kappa shape index (κ1) is 16.3. The molecular weight excluding hydrogens is 319 g/mol. The maximum Gasteiger partial charge on any atom is 0.272 e. The van der Waals surface area contributed by atoms with E-state index in [9.17, 15) is 9.18 Å². The van der Waals surface area contributed by atoms with E-state index in [-0.39, 0.29) is 23.7 Å². The minimum Gasteiger partial charge on any atom is -0.348 e. The fraction of sp³-hybridized carbons (Fsp3) is 0.474. The maximum atomic E-state index is 14.0. The van der Waals surface area contributed by atoms with Crippen LogP contribution in [0.15, 0.2) is 24.3 Å². The number of hydrogen-bond donors (Lipinski definition) is 2. The van der Waals surface area contributed by atoms with Crippen LogP contribution in [0.25, 0.3) is 0 Å². The lowest BCUT2D eigenvalue weighted by Gasteiger charge is -2.16. The number of hydrogen-bond acceptors (Lipinski definition) is 3. The van der Waals surface area contributed by atoms with Crippen LogP contribution in [0.5, 0.6) is 0 Å². The van der Waals surface area contributed by atoms with E-state index in [2.05, 4.69) is 15.7 Å². The summed E-state index contributed by atoms with van der Waals surface area (Å²) in [6, 6.07) is 7.03. The molecular formula is C19H23FN4O. The smallest absolute Gasteiger partial charge is 0.272 e. The van der Waals surface area contributed by atoms with Gasteiger partial charge in [-0.25, -0.2) is 4.39 Å². The number of nitrogens with one attached hydrogen (secondary N) is 2. The zero-order chi connectivity index (χ0) is 17.4. The first-order chi connectivity index (χ1) is 12.1. The van der Waals surface area contributed by atoms with E-state index >= 15 is 0 Å². The van der Waals surface area contributed by atoms with Crippen LogP contribution in [-0.2, 0) is 20.0 Å². The Morgan fingerprint density at radius 3 is 3.04 bits per heavy atom. The van der Waals surface area contributed by atoms with Gasteiger partial charge >= 0.3 is 0 Å². The molecule has 1 aliphatic carbocycles. The van der Waals surface area contributed by atoms with Gasteiger partial charge in [0.2, 0.25) is 0 Å². The molecule has 132 valence electrons. The summed E-state index contributed by atoms with van der Waals surface area (Å²) in [5.41, 5.74) is 3.46. The Balaban J connectivity index is 1.45. The molecule has 1 saturated carbocycles. The number of halogens is 1. The molecule has 0 radical (unpaired) electrons. The molecule has 2 aliphatic rings. The molecule has 2 N–H and O–H groups in total. The van der Waals surface area contributed by atoms with Gasteiger partial charge in [-0.3, -0.25) is 9.48 Å². The summed E-state index contributed by atoms with van der Waals surface area (Å²) in [5, 5.41) is 10.9. The van der Waals surface area contributed by atoms with Crippen LogP contribution in [0, 0.1) is 5.82 Å². The van der Waals surface area contributed by atoms with Gasteiger partial charge in [-0.05, 0) is 49.8 Å². The van der Waals surface area contributed by atoms with Crippen LogP contribution in [0.1, 0.15) is 52.5 Å². The molecule has 6 heteroatoms. The molecule has 1 aromatic heterocycles. The average Bonchev–Trinajstić information content (AvgIpc) is 3.21. The summed E-state index contributed by atoms with van der Waals surface area (Å²) in [6.45, 7) is 1.63. The summed E-state index contributed by atoms with van der Waals surface area (Å²) < 4.78 is 15.8. The third kappa shape index (κ3) is 3.06. The quantitative estimate of drug-likeness (QED) is 0.900. The molecule has 2 unspecified atom stereocenters. The zero-order valence-electron chi connectivity index (χ0n) is 14.4. The number of benzene rings is 1. The van der Waals surface area contributed by atoms with Crippen molar-refractivity contribution in [3.05, 3.63) is 52.6 Å². The summed E-state index contributed by atoms with van der Waals surface area (Å²) in [4.78, 5) is 12.7. The van der Waals surface area contributed by atoms with Crippen LogP contribution in [-0.4, -0.2) is 28.3 Å². The molecule has 2 heterocycles. The molecule has 1 fully saturated rings. The van der Waals surface area contributed by atoms with E-state index in [0.717, 1.165) is 55.6 Å². The van der Waals surface area contributed by atoms with Crippen LogP contribution in [0.3, 0.4) is 0 Å². The molecule has 0 spiro atoms. The van der Waals surface area contributed by atoms with E-state index in [1.54, 1.807) is 10.7 Å². The van der Waals surface area contributed by atoms with Gasteiger partial charge in [-0.15, -0.1) is 0 Å². The second-order valence-electron chi connectivity index (χ2n) is 7.03. The number of aromatic nitrogens is 2. The predicted octanol–water partition coefficient (Wildman–Crippen LogP) is 2.27. The van der Waals surface area contributed by atoms with Crippen molar-refractivity contribution in [1.82, 2.24) is 20.4 Å². The van der Waals surface area contributed by atoms with Crippen molar-refractivity contribution in [1.29, 1.82) is 0 Å². The minimum atomic E-state index is -0.147. The molecule has 5 nitrogen and oxygen atoms in total. The van der Waals surface area contributed by atoms with E-state index in [1.807, 2.05) is 19.2 Å². The van der Waals surface area contributed by atoms with Gasteiger partial charge in [0.25, 0.3) is 5.91 Å². The SMILES string of the molecule is Cn1nc(C(=O)NC2CCC(c3ccccc3F)C2)c2c1CNCC2. The molecule has 1 aromatic carbocycles. The Morgan fingerprint density at radius 1 is 1.36 bits per heavy atom. The van der Waals surface area contributed by atoms with Gasteiger partial charge in [-0.2, -0.15) is 5.10 Å². The van der Waals surface area contributed by atoms with Gasteiger partial charge in [0.05, 0.1) is 5.69 Å². The van der Waals surface area contributed by atoms with E-state index in [4.69, 9.17) is 0 Å². The Bertz CT molecular complexity index is 801. The number of amides is 1. The minimum absolute atomic E-state index is 0.0801. The van der Waals surface area contributed by atoms with E-state index < -0.39 is 0 Å². The fourth-order valence-electron chi connectivity index (χ4n) is 4.14. The molecule has 1 aliphatic heterocycles. The van der Waals surface area contributed by atoms with Crippen LogP contribution >= 0.6 is 0 Å². The van der Waals surface area contributed by atoms with Gasteiger partial charge in [0, 0.05) is 25.2 Å². The number of fused-ring (bicyclic) bond motifs is 1. The van der Waals surface area contributed by atoms with Crippen molar-refractivity contribution in [3.8, 4) is 0 Å². The largest absolute Gasteiger partial charge is 0.348 e. The lowest BCUT2D eigenvalue weighted by atomic mass is 9.97. The normalized spacial score (nSPS) is 22.6. The monoisotopic (exact) mass is 342 g/mol. The summed E-state index contributed by atoms with van der Waals surface area (Å²) >= 11 is 0. The number of carbonyl (C=O) groups is 1. The van der Waals surface area contributed by atoms with Crippen molar-refractivity contribution in [2.75, 3.05) is 6.54 Å². The zero-order valence-corrected chi connectivity index (χ0v) is 14.4. The molecule has 4 rings (SSSR count). The van der Waals surface area contributed by atoms with Gasteiger partial charge in [0.15, 0.2) is 5.69 Å². The van der Waals surface area contributed by atoms with Crippen molar-refractivity contribution in [2.24, 2.45) is 7.05 Å². The fourth-order valence-corrected chi connectivity index (χ4v) is 4.14. The molecule has 0 bridgehead atoms. The summed E-state index contributed by atoms with van der Waals surface area (Å²) in [5.74, 6) is -0.0722. The van der Waals surface area contributed by atoms with Crippen LogP contribution in [0.4, 0.5) is 4.39 Å². The highest BCUT2D eigenvalue weighted by Crippen LogP contribution is 2.35. The first-order valence-corrected chi connectivity index (χ1v) is 8.94. The second-order valence-corrected chi connectivity index (χ2v) is 7.03. The average molecular weight is 342 g/mol. The summed E-state index contributed by atoms with van der Waals surface area (Å²) in [6.07, 6.45) is 3.38. The standard InChI is InChI=1S/C19H23FN4O/c1-24-17-11-21-9-8-15(17)18(23-24)19(25)22-13-7-6-12(10-13)14-4-2-3-5-16(14)20/h2-5,12-13,21H,6-11H2,1H3,(H,22,25). The highest BCUT2D eigenvalue weighted by atomic mass is 19.1. The number of aryl methyl sites for hydroxylation is 1. The van der Waals surface area contributed by atoms with Crippen molar-refractivity contribution < 1.29 is 9.18 Å². The van der Waals surface area contributed by atoms with Gasteiger partial charge in [-0.1, -0.05) is 18.2 Å². The van der Waals surface area contributed by atoms with Crippen LogP contribution in [0.2, 0.25) is 0 Å². The predicted molar refractivity (Wildman–Crippen MR) is 92.9 cm³/mol. The van der Waals surface area contributed by atoms with Crippen molar-refractivity contribution in [2.45, 2.75) is 44.2 Å². The van der Waals surface area contributed by atoms with Crippen molar-refractivity contribution >= 4 is 5.91 Å². The van der Waals surface area contributed by atoms with Gasteiger partial charge in [0.1, 0.15) is 5.82 Å². The Labute approximate surface area is 146 Å². The summed E-state index contributed by atoms with van der Waals surface area (Å²) in [7, 11) is 1.88. The molecule has 25 heavy (non-hydrogen) atoms. The maximum absolute atomic E-state index is 14.0. The first-order valence-electron chi connectivity index (χ1n) is 8.94. The third-order valence-corrected chi connectivity index (χ3v) is 5.45. The van der Waals surface area contributed by atoms with Crippen molar-refractivity contribution in [3.63, 3.8) is 0 Å². The highest BCUT2D eigenvalue weighted by molar-refractivity contribution is 5.94. The topological polar surface area (TPSA) is 59.0 Å². The molecule has 1 amide bonds. The van der Waals surface area contributed by atoms with Gasteiger partial charge < -0.3 is 10.6 Å². The third-order valence-electron chi connectivity index (χ3n) is 5.45. The Kier molecular flexibility index (Phi) is 4.29. The second kappa shape index (κ2) is 6.59. The molecule has 0 saturated heterocycles. The lowest BCUT2D eigenvalue weighted by Crippen LogP contribution is -2.34. The van der Waals surface area contributed by atoms with Crippen LogP contribution < -0.4 is 10.6 Å². The van der Waals surface area contributed by atoms with E-state index in [1.165, 1.54) is 6.07 Å². The molecule has 2 atom stereocenters. The number of nitrogens with zero attached hydrogens (tertiary/aromatic N) is 2. The Hall–Kier alpha value is -2.21. The number of rotatable bonds is 3.